The summed E-state index contributed by atoms with van der Waals surface area (Å²) in [5, 5.41) is 4.72. The van der Waals surface area contributed by atoms with Crippen LogP contribution in [0.15, 0.2) is 48.7 Å². The molecular weight excluding hydrogens is 263 g/mol. The maximum Gasteiger partial charge on any atom is 0.126 e. The topological polar surface area (TPSA) is 27.8 Å². The molecular formula is C15H12ClFN2. The number of benzene rings is 2. The first-order valence-electron chi connectivity index (χ1n) is 5.97. The molecule has 0 aliphatic heterocycles. The van der Waals surface area contributed by atoms with E-state index in [1.807, 2.05) is 24.4 Å². The Hall–Kier alpha value is -2.00. The number of aromatic amines is 1. The third kappa shape index (κ3) is 2.71. The van der Waals surface area contributed by atoms with Crippen LogP contribution in [0.5, 0.6) is 0 Å². The summed E-state index contributed by atoms with van der Waals surface area (Å²) in [5.74, 6) is -0.337. The Balaban J connectivity index is 1.77. The number of fused-ring (bicyclic) bond motifs is 1. The summed E-state index contributed by atoms with van der Waals surface area (Å²) in [5.41, 5.74) is 2.92. The van der Waals surface area contributed by atoms with Gasteiger partial charge in [0.1, 0.15) is 5.82 Å². The van der Waals surface area contributed by atoms with Crippen molar-refractivity contribution in [1.29, 1.82) is 0 Å². The van der Waals surface area contributed by atoms with Crippen molar-refractivity contribution in [2.45, 2.75) is 6.54 Å². The zero-order valence-corrected chi connectivity index (χ0v) is 10.8. The lowest BCUT2D eigenvalue weighted by Crippen LogP contribution is -1.99. The average Bonchev–Trinajstić information content (AvgIpc) is 2.82. The fraction of sp³-hybridized carbons (Fsp3) is 0.0667. The number of hydrogen-bond acceptors (Lipinski definition) is 1. The molecule has 0 saturated heterocycles. The minimum atomic E-state index is -0.337. The van der Waals surface area contributed by atoms with E-state index >= 15 is 0 Å². The van der Waals surface area contributed by atoms with Crippen LogP contribution in [0.1, 0.15) is 5.56 Å². The van der Waals surface area contributed by atoms with Crippen LogP contribution in [0, 0.1) is 5.82 Å². The van der Waals surface area contributed by atoms with Gasteiger partial charge in [0, 0.05) is 29.0 Å². The zero-order valence-electron chi connectivity index (χ0n) is 10.1. The van der Waals surface area contributed by atoms with Gasteiger partial charge < -0.3 is 10.3 Å². The normalized spacial score (nSPS) is 10.8. The Labute approximate surface area is 115 Å². The smallest absolute Gasteiger partial charge is 0.126 e. The molecule has 19 heavy (non-hydrogen) atoms. The summed E-state index contributed by atoms with van der Waals surface area (Å²) in [6.45, 7) is 0.626. The van der Waals surface area contributed by atoms with Gasteiger partial charge in [-0.15, -0.1) is 0 Å². The second kappa shape index (κ2) is 4.94. The van der Waals surface area contributed by atoms with Gasteiger partial charge in [0.05, 0.1) is 0 Å². The van der Waals surface area contributed by atoms with Crippen LogP contribution in [0.3, 0.4) is 0 Å². The zero-order chi connectivity index (χ0) is 13.2. The Bertz CT molecular complexity index is 701. The summed E-state index contributed by atoms with van der Waals surface area (Å²) in [6, 6.07) is 12.6. The van der Waals surface area contributed by atoms with Gasteiger partial charge in [0.2, 0.25) is 0 Å². The first-order valence-corrected chi connectivity index (χ1v) is 6.34. The molecule has 4 heteroatoms. The predicted molar refractivity (Wildman–Crippen MR) is 77.0 cm³/mol. The molecule has 2 N–H and O–H groups in total. The molecule has 3 rings (SSSR count). The molecule has 1 aromatic heterocycles. The minimum absolute atomic E-state index is 0.337. The number of anilines is 1. The molecule has 0 unspecified atom stereocenters. The molecule has 0 spiro atoms. The van der Waals surface area contributed by atoms with Crippen LogP contribution >= 0.6 is 11.6 Å². The lowest BCUT2D eigenvalue weighted by atomic mass is 10.1. The summed E-state index contributed by atoms with van der Waals surface area (Å²) in [7, 11) is 0. The molecule has 0 radical (unpaired) electrons. The third-order valence-electron chi connectivity index (χ3n) is 2.98. The van der Waals surface area contributed by atoms with Crippen LogP contribution in [0.2, 0.25) is 5.02 Å². The Morgan fingerprint density at radius 3 is 2.84 bits per heavy atom. The van der Waals surface area contributed by atoms with Crippen molar-refractivity contribution in [3.8, 4) is 0 Å². The van der Waals surface area contributed by atoms with Crippen molar-refractivity contribution in [3.63, 3.8) is 0 Å². The average molecular weight is 275 g/mol. The van der Waals surface area contributed by atoms with Gasteiger partial charge in [-0.2, -0.15) is 0 Å². The van der Waals surface area contributed by atoms with E-state index in [0.717, 1.165) is 16.5 Å². The molecule has 3 aromatic rings. The van der Waals surface area contributed by atoms with Gasteiger partial charge in [0.25, 0.3) is 0 Å². The highest BCUT2D eigenvalue weighted by Gasteiger charge is 2.01. The number of halogens is 2. The second-order valence-electron chi connectivity index (χ2n) is 4.41. The van der Waals surface area contributed by atoms with E-state index in [4.69, 9.17) is 11.6 Å². The Morgan fingerprint density at radius 2 is 2.00 bits per heavy atom. The van der Waals surface area contributed by atoms with Gasteiger partial charge >= 0.3 is 0 Å². The fourth-order valence-corrected chi connectivity index (χ4v) is 2.29. The molecule has 2 nitrogen and oxygen atoms in total. The van der Waals surface area contributed by atoms with E-state index in [2.05, 4.69) is 16.4 Å². The molecule has 0 saturated carbocycles. The number of H-pyrrole nitrogens is 1. The lowest BCUT2D eigenvalue weighted by Gasteiger charge is -2.07. The molecule has 96 valence electrons. The first-order chi connectivity index (χ1) is 9.20. The molecule has 0 aliphatic carbocycles. The van der Waals surface area contributed by atoms with Crippen LogP contribution in [-0.2, 0) is 6.54 Å². The number of nitrogens with one attached hydrogen (secondary N) is 2. The molecule has 0 aliphatic rings. The molecule has 1 heterocycles. The first kappa shape index (κ1) is 12.1. The number of aromatic nitrogens is 1. The summed E-state index contributed by atoms with van der Waals surface area (Å²) in [6.07, 6.45) is 1.91. The quantitative estimate of drug-likeness (QED) is 0.719. The highest BCUT2D eigenvalue weighted by Crippen LogP contribution is 2.20. The van der Waals surface area contributed by atoms with E-state index in [9.17, 15) is 4.39 Å². The SMILES string of the molecule is Fc1cc(Cl)cc(NCc2ccc3[nH]ccc3c2)c1. The van der Waals surface area contributed by atoms with Gasteiger partial charge in [-0.1, -0.05) is 17.7 Å². The van der Waals surface area contributed by atoms with E-state index in [-0.39, 0.29) is 5.82 Å². The van der Waals surface area contributed by atoms with Crippen molar-refractivity contribution in [1.82, 2.24) is 4.98 Å². The number of rotatable bonds is 3. The second-order valence-corrected chi connectivity index (χ2v) is 4.85. The highest BCUT2D eigenvalue weighted by molar-refractivity contribution is 6.30. The van der Waals surface area contributed by atoms with Crippen molar-refractivity contribution >= 4 is 28.2 Å². The predicted octanol–water partition coefficient (Wildman–Crippen LogP) is 4.57. The Kier molecular flexibility index (Phi) is 3.13. The Morgan fingerprint density at radius 1 is 1.11 bits per heavy atom. The van der Waals surface area contributed by atoms with Crippen molar-refractivity contribution < 1.29 is 4.39 Å². The van der Waals surface area contributed by atoms with Gasteiger partial charge in [-0.3, -0.25) is 0 Å². The van der Waals surface area contributed by atoms with E-state index in [0.29, 0.717) is 17.3 Å². The standard InChI is InChI=1S/C15H12ClFN2/c16-12-6-13(17)8-14(7-12)19-9-10-1-2-15-11(5-10)3-4-18-15/h1-8,18-19H,9H2. The van der Waals surface area contributed by atoms with Gasteiger partial charge in [-0.25, -0.2) is 4.39 Å². The van der Waals surface area contributed by atoms with Crippen molar-refractivity contribution in [2.24, 2.45) is 0 Å². The number of hydrogen-bond donors (Lipinski definition) is 2. The summed E-state index contributed by atoms with van der Waals surface area (Å²) in [4.78, 5) is 3.15. The van der Waals surface area contributed by atoms with E-state index in [1.54, 1.807) is 6.07 Å². The molecule has 2 aromatic carbocycles. The van der Waals surface area contributed by atoms with Crippen LogP contribution < -0.4 is 5.32 Å². The molecule has 0 bridgehead atoms. The highest BCUT2D eigenvalue weighted by atomic mass is 35.5. The summed E-state index contributed by atoms with van der Waals surface area (Å²) < 4.78 is 13.2. The maximum atomic E-state index is 13.2. The molecule has 0 atom stereocenters. The van der Waals surface area contributed by atoms with Crippen molar-refractivity contribution in [2.75, 3.05) is 5.32 Å². The van der Waals surface area contributed by atoms with Crippen molar-refractivity contribution in [3.05, 3.63) is 65.1 Å². The molecule has 0 fully saturated rings. The largest absolute Gasteiger partial charge is 0.381 e. The fourth-order valence-electron chi connectivity index (χ4n) is 2.07. The van der Waals surface area contributed by atoms with Crippen LogP contribution in [0.4, 0.5) is 10.1 Å². The lowest BCUT2D eigenvalue weighted by molar-refractivity contribution is 0.628. The van der Waals surface area contributed by atoms with E-state index in [1.165, 1.54) is 12.1 Å². The summed E-state index contributed by atoms with van der Waals surface area (Å²) >= 11 is 5.81. The van der Waals surface area contributed by atoms with Crippen LogP contribution in [-0.4, -0.2) is 4.98 Å². The maximum absolute atomic E-state index is 13.2. The van der Waals surface area contributed by atoms with Gasteiger partial charge in [0.15, 0.2) is 0 Å². The monoisotopic (exact) mass is 274 g/mol. The minimum Gasteiger partial charge on any atom is -0.381 e. The van der Waals surface area contributed by atoms with E-state index < -0.39 is 0 Å². The van der Waals surface area contributed by atoms with Gasteiger partial charge in [-0.05, 0) is 47.3 Å². The third-order valence-corrected chi connectivity index (χ3v) is 3.20. The molecule has 0 amide bonds. The van der Waals surface area contributed by atoms with Crippen LogP contribution in [0.25, 0.3) is 10.9 Å².